The van der Waals surface area contributed by atoms with E-state index >= 15 is 0 Å². The molecule has 0 saturated heterocycles. The maximum absolute atomic E-state index is 10.7. The number of ether oxygens (including phenoxy) is 1. The normalized spacial score (nSPS) is 10.7. The SMILES string of the molecule is O=[N+]([O-])c1ccc(Oc2cccn3cc(-c4ccccc4)nc23)nc1. The molecule has 1 aromatic carbocycles. The molecule has 25 heavy (non-hydrogen) atoms. The monoisotopic (exact) mass is 332 g/mol. The number of imidazole rings is 1. The van der Waals surface area contributed by atoms with Crippen LogP contribution in [0.25, 0.3) is 16.9 Å². The topological polar surface area (TPSA) is 82.6 Å². The van der Waals surface area contributed by atoms with Gasteiger partial charge in [-0.25, -0.2) is 9.97 Å². The lowest BCUT2D eigenvalue weighted by Gasteiger charge is -2.05. The molecule has 0 aliphatic rings. The zero-order valence-electron chi connectivity index (χ0n) is 12.9. The summed E-state index contributed by atoms with van der Waals surface area (Å²) in [6.07, 6.45) is 4.96. The van der Waals surface area contributed by atoms with Crippen molar-refractivity contribution in [3.63, 3.8) is 0 Å². The largest absolute Gasteiger partial charge is 0.435 e. The average molecular weight is 332 g/mol. The molecule has 4 rings (SSSR count). The highest BCUT2D eigenvalue weighted by Gasteiger charge is 2.11. The highest BCUT2D eigenvalue weighted by atomic mass is 16.6. The molecule has 0 saturated carbocycles. The number of nitrogens with zero attached hydrogens (tertiary/aromatic N) is 4. The van der Waals surface area contributed by atoms with Gasteiger partial charge in [-0.15, -0.1) is 0 Å². The molecular formula is C18H12N4O3. The molecule has 0 bridgehead atoms. The molecule has 0 N–H and O–H groups in total. The fraction of sp³-hybridized carbons (Fsp3) is 0. The van der Waals surface area contributed by atoms with E-state index in [0.717, 1.165) is 17.5 Å². The molecule has 122 valence electrons. The first-order chi connectivity index (χ1) is 12.2. The summed E-state index contributed by atoms with van der Waals surface area (Å²) in [5.41, 5.74) is 2.39. The van der Waals surface area contributed by atoms with Gasteiger partial charge >= 0.3 is 0 Å². The molecule has 0 atom stereocenters. The van der Waals surface area contributed by atoms with Gasteiger partial charge in [-0.05, 0) is 12.1 Å². The maximum atomic E-state index is 10.7. The fourth-order valence-corrected chi connectivity index (χ4v) is 2.47. The Bertz CT molecular complexity index is 1040. The first kappa shape index (κ1) is 14.8. The number of hydrogen-bond acceptors (Lipinski definition) is 5. The third kappa shape index (κ3) is 2.90. The number of pyridine rings is 2. The summed E-state index contributed by atoms with van der Waals surface area (Å²) in [4.78, 5) is 18.8. The van der Waals surface area contributed by atoms with E-state index in [9.17, 15) is 10.1 Å². The van der Waals surface area contributed by atoms with Crippen LogP contribution in [0, 0.1) is 10.1 Å². The Morgan fingerprint density at radius 1 is 1.04 bits per heavy atom. The lowest BCUT2D eigenvalue weighted by molar-refractivity contribution is -0.385. The quantitative estimate of drug-likeness (QED) is 0.415. The number of nitro groups is 1. The molecule has 4 aromatic rings. The second-order valence-corrected chi connectivity index (χ2v) is 5.31. The summed E-state index contributed by atoms with van der Waals surface area (Å²) >= 11 is 0. The standard InChI is InChI=1S/C18H12N4O3/c23-22(24)14-8-9-17(19-11-14)25-16-7-4-10-21-12-15(20-18(16)21)13-5-2-1-3-6-13/h1-12H. The van der Waals surface area contributed by atoms with E-state index < -0.39 is 4.92 Å². The van der Waals surface area contributed by atoms with Crippen LogP contribution < -0.4 is 4.74 Å². The Morgan fingerprint density at radius 3 is 2.60 bits per heavy atom. The van der Waals surface area contributed by atoms with Gasteiger partial charge in [0.1, 0.15) is 6.20 Å². The van der Waals surface area contributed by atoms with E-state index in [1.54, 1.807) is 6.07 Å². The second kappa shape index (κ2) is 6.04. The number of fused-ring (bicyclic) bond motifs is 1. The van der Waals surface area contributed by atoms with Gasteiger partial charge in [-0.1, -0.05) is 30.3 Å². The van der Waals surface area contributed by atoms with Crippen LogP contribution in [0.1, 0.15) is 0 Å². The predicted molar refractivity (Wildman–Crippen MR) is 91.6 cm³/mol. The summed E-state index contributed by atoms with van der Waals surface area (Å²) in [6, 6.07) is 16.3. The van der Waals surface area contributed by atoms with Gasteiger partial charge in [0.2, 0.25) is 5.88 Å². The van der Waals surface area contributed by atoms with Crippen molar-refractivity contribution in [1.29, 1.82) is 0 Å². The van der Waals surface area contributed by atoms with Gasteiger partial charge in [0.25, 0.3) is 5.69 Å². The van der Waals surface area contributed by atoms with Crippen LogP contribution in [-0.2, 0) is 0 Å². The summed E-state index contributed by atoms with van der Waals surface area (Å²) in [6.45, 7) is 0. The molecule has 0 fully saturated rings. The molecule has 0 spiro atoms. The maximum Gasteiger partial charge on any atom is 0.287 e. The lowest BCUT2D eigenvalue weighted by atomic mass is 10.2. The van der Waals surface area contributed by atoms with Crippen LogP contribution in [0.3, 0.4) is 0 Å². The Hall–Kier alpha value is -3.74. The number of aromatic nitrogens is 3. The fourth-order valence-electron chi connectivity index (χ4n) is 2.47. The molecule has 3 aromatic heterocycles. The van der Waals surface area contributed by atoms with Crippen LogP contribution in [0.15, 0.2) is 73.2 Å². The summed E-state index contributed by atoms with van der Waals surface area (Å²) in [5.74, 6) is 0.786. The lowest BCUT2D eigenvalue weighted by Crippen LogP contribution is -1.93. The minimum absolute atomic E-state index is 0.0854. The van der Waals surface area contributed by atoms with Crippen molar-refractivity contribution in [1.82, 2.24) is 14.4 Å². The van der Waals surface area contributed by atoms with E-state index in [1.165, 1.54) is 12.1 Å². The second-order valence-electron chi connectivity index (χ2n) is 5.31. The molecule has 0 amide bonds. The Morgan fingerprint density at radius 2 is 1.88 bits per heavy atom. The molecule has 0 radical (unpaired) electrons. The van der Waals surface area contributed by atoms with Crippen molar-refractivity contribution < 1.29 is 9.66 Å². The van der Waals surface area contributed by atoms with Gasteiger partial charge in [-0.2, -0.15) is 0 Å². The first-order valence-corrected chi connectivity index (χ1v) is 7.52. The molecule has 7 nitrogen and oxygen atoms in total. The molecule has 7 heteroatoms. The first-order valence-electron chi connectivity index (χ1n) is 7.52. The molecule has 0 unspecified atom stereocenters. The van der Waals surface area contributed by atoms with Gasteiger partial charge in [0.05, 0.1) is 10.6 Å². The smallest absolute Gasteiger partial charge is 0.287 e. The van der Waals surface area contributed by atoms with Gasteiger partial charge in [-0.3, -0.25) is 10.1 Å². The molecule has 0 aliphatic carbocycles. The van der Waals surface area contributed by atoms with E-state index in [-0.39, 0.29) is 11.6 Å². The van der Waals surface area contributed by atoms with E-state index in [0.29, 0.717) is 11.4 Å². The predicted octanol–water partition coefficient (Wildman–Crippen LogP) is 4.10. The van der Waals surface area contributed by atoms with E-state index in [2.05, 4.69) is 9.97 Å². The van der Waals surface area contributed by atoms with Gasteiger partial charge in [0.15, 0.2) is 11.4 Å². The molecule has 3 heterocycles. The van der Waals surface area contributed by atoms with Crippen LogP contribution in [-0.4, -0.2) is 19.3 Å². The molecule has 0 aliphatic heterocycles. The van der Waals surface area contributed by atoms with Gasteiger partial charge in [0, 0.05) is 30.1 Å². The van der Waals surface area contributed by atoms with Crippen molar-refractivity contribution in [3.8, 4) is 22.9 Å². The Balaban J connectivity index is 1.70. The summed E-state index contributed by atoms with van der Waals surface area (Å²) < 4.78 is 7.62. The number of benzene rings is 1. The van der Waals surface area contributed by atoms with Crippen LogP contribution in [0.4, 0.5) is 5.69 Å². The zero-order valence-corrected chi connectivity index (χ0v) is 12.9. The van der Waals surface area contributed by atoms with Crippen molar-refractivity contribution in [2.45, 2.75) is 0 Å². The van der Waals surface area contributed by atoms with Crippen LogP contribution in [0.2, 0.25) is 0 Å². The third-order valence-corrected chi connectivity index (χ3v) is 3.66. The summed E-state index contributed by atoms with van der Waals surface area (Å²) in [5, 5.41) is 10.7. The van der Waals surface area contributed by atoms with E-state index in [4.69, 9.17) is 4.74 Å². The minimum Gasteiger partial charge on any atom is -0.435 e. The number of rotatable bonds is 4. The van der Waals surface area contributed by atoms with Crippen molar-refractivity contribution in [2.75, 3.05) is 0 Å². The van der Waals surface area contributed by atoms with E-state index in [1.807, 2.05) is 53.2 Å². The van der Waals surface area contributed by atoms with Crippen LogP contribution >= 0.6 is 0 Å². The third-order valence-electron chi connectivity index (χ3n) is 3.66. The van der Waals surface area contributed by atoms with Crippen molar-refractivity contribution in [3.05, 3.63) is 83.3 Å². The number of hydrogen-bond donors (Lipinski definition) is 0. The minimum atomic E-state index is -0.502. The Labute approximate surface area is 142 Å². The average Bonchev–Trinajstić information content (AvgIpc) is 3.08. The van der Waals surface area contributed by atoms with Crippen molar-refractivity contribution >= 4 is 11.3 Å². The highest BCUT2D eigenvalue weighted by Crippen LogP contribution is 2.27. The molecular weight excluding hydrogens is 320 g/mol. The van der Waals surface area contributed by atoms with Gasteiger partial charge < -0.3 is 9.14 Å². The van der Waals surface area contributed by atoms with Crippen LogP contribution in [0.5, 0.6) is 11.6 Å². The highest BCUT2D eigenvalue weighted by molar-refractivity contribution is 5.66. The Kier molecular flexibility index (Phi) is 3.59. The van der Waals surface area contributed by atoms with Crippen molar-refractivity contribution in [2.24, 2.45) is 0 Å². The summed E-state index contributed by atoms with van der Waals surface area (Å²) in [7, 11) is 0. The zero-order chi connectivity index (χ0) is 17.2.